The minimum atomic E-state index is 0.174. The van der Waals surface area contributed by atoms with Gasteiger partial charge < -0.3 is 15.2 Å². The number of likely N-dealkylation sites (N-methyl/N-ethyl adjacent to an activating group) is 1. The zero-order valence-corrected chi connectivity index (χ0v) is 13.2. The molecule has 0 bridgehead atoms. The van der Waals surface area contributed by atoms with Gasteiger partial charge in [0, 0.05) is 18.2 Å². The van der Waals surface area contributed by atoms with Crippen molar-refractivity contribution in [3.8, 4) is 11.5 Å². The predicted molar refractivity (Wildman–Crippen MR) is 83.5 cm³/mol. The van der Waals surface area contributed by atoms with Crippen LogP contribution in [0.2, 0.25) is 0 Å². The lowest BCUT2D eigenvalue weighted by Crippen LogP contribution is -2.31. The van der Waals surface area contributed by atoms with Gasteiger partial charge in [0.05, 0.1) is 20.3 Å². The standard InChI is InChI=1S/C16H28N2O2/c1-5-6-7-10-18(2)15(12-17)14-9-8-13(19-3)11-16(14)20-4/h8-9,11,15H,5-7,10,12,17H2,1-4H3. The van der Waals surface area contributed by atoms with Gasteiger partial charge in [0.1, 0.15) is 11.5 Å². The van der Waals surface area contributed by atoms with Crippen molar-refractivity contribution in [2.24, 2.45) is 5.73 Å². The second-order valence-corrected chi connectivity index (χ2v) is 5.05. The minimum absolute atomic E-state index is 0.174. The Morgan fingerprint density at radius 1 is 1.20 bits per heavy atom. The molecule has 0 amide bonds. The van der Waals surface area contributed by atoms with Crippen LogP contribution in [0.4, 0.5) is 0 Å². The second-order valence-electron chi connectivity index (χ2n) is 5.05. The molecular formula is C16H28N2O2. The maximum absolute atomic E-state index is 5.98. The predicted octanol–water partition coefficient (Wildman–Crippen LogP) is 2.83. The van der Waals surface area contributed by atoms with Gasteiger partial charge in [0.25, 0.3) is 0 Å². The van der Waals surface area contributed by atoms with E-state index >= 15 is 0 Å². The third-order valence-electron chi connectivity index (χ3n) is 3.67. The number of ether oxygens (including phenoxy) is 2. The molecule has 0 aliphatic heterocycles. The van der Waals surface area contributed by atoms with Gasteiger partial charge in [-0.25, -0.2) is 0 Å². The van der Waals surface area contributed by atoms with Crippen molar-refractivity contribution in [1.82, 2.24) is 4.90 Å². The Bertz CT molecular complexity index is 396. The number of hydrogen-bond acceptors (Lipinski definition) is 4. The summed E-state index contributed by atoms with van der Waals surface area (Å²) < 4.78 is 10.7. The van der Waals surface area contributed by atoms with Crippen LogP contribution in [0.5, 0.6) is 11.5 Å². The molecule has 0 saturated heterocycles. The van der Waals surface area contributed by atoms with Gasteiger partial charge in [-0.05, 0) is 26.1 Å². The van der Waals surface area contributed by atoms with Crippen LogP contribution in [-0.2, 0) is 0 Å². The lowest BCUT2D eigenvalue weighted by Gasteiger charge is -2.28. The van der Waals surface area contributed by atoms with E-state index in [1.165, 1.54) is 19.3 Å². The molecule has 4 heteroatoms. The Morgan fingerprint density at radius 3 is 2.50 bits per heavy atom. The summed E-state index contributed by atoms with van der Waals surface area (Å²) in [5.74, 6) is 1.64. The normalized spacial score (nSPS) is 12.5. The number of methoxy groups -OCH3 is 2. The number of hydrogen-bond donors (Lipinski definition) is 1. The number of unbranched alkanes of at least 4 members (excludes halogenated alkanes) is 2. The lowest BCUT2D eigenvalue weighted by atomic mass is 10.0. The van der Waals surface area contributed by atoms with Crippen LogP contribution in [0.25, 0.3) is 0 Å². The van der Waals surface area contributed by atoms with Gasteiger partial charge in [0.15, 0.2) is 0 Å². The van der Waals surface area contributed by atoms with Gasteiger partial charge in [0.2, 0.25) is 0 Å². The van der Waals surface area contributed by atoms with Crippen LogP contribution in [0.3, 0.4) is 0 Å². The molecule has 0 fully saturated rings. The molecule has 114 valence electrons. The van der Waals surface area contributed by atoms with E-state index in [0.29, 0.717) is 6.54 Å². The molecule has 4 nitrogen and oxygen atoms in total. The van der Waals surface area contributed by atoms with E-state index in [1.807, 2.05) is 18.2 Å². The molecule has 1 atom stereocenters. The highest BCUT2D eigenvalue weighted by molar-refractivity contribution is 5.42. The maximum Gasteiger partial charge on any atom is 0.127 e. The summed E-state index contributed by atoms with van der Waals surface area (Å²) in [5, 5.41) is 0. The van der Waals surface area contributed by atoms with E-state index < -0.39 is 0 Å². The quantitative estimate of drug-likeness (QED) is 0.707. The average Bonchev–Trinajstić information content (AvgIpc) is 2.48. The molecule has 0 aliphatic carbocycles. The van der Waals surface area contributed by atoms with Crippen molar-refractivity contribution >= 4 is 0 Å². The van der Waals surface area contributed by atoms with Gasteiger partial charge in [-0.1, -0.05) is 25.8 Å². The third kappa shape index (κ3) is 4.39. The number of rotatable bonds is 9. The summed E-state index contributed by atoms with van der Waals surface area (Å²) in [5.41, 5.74) is 7.10. The number of benzene rings is 1. The van der Waals surface area contributed by atoms with Crippen LogP contribution < -0.4 is 15.2 Å². The zero-order valence-electron chi connectivity index (χ0n) is 13.2. The fourth-order valence-corrected chi connectivity index (χ4v) is 2.41. The molecule has 1 unspecified atom stereocenters. The maximum atomic E-state index is 5.98. The zero-order chi connectivity index (χ0) is 15.0. The summed E-state index contributed by atoms with van der Waals surface area (Å²) in [7, 11) is 5.46. The summed E-state index contributed by atoms with van der Waals surface area (Å²) in [6, 6.07) is 6.09. The molecule has 1 aromatic carbocycles. The highest BCUT2D eigenvalue weighted by atomic mass is 16.5. The van der Waals surface area contributed by atoms with Crippen molar-refractivity contribution in [1.29, 1.82) is 0 Å². The molecule has 0 aromatic heterocycles. The van der Waals surface area contributed by atoms with E-state index in [2.05, 4.69) is 18.9 Å². The van der Waals surface area contributed by atoms with E-state index in [1.54, 1.807) is 14.2 Å². The molecule has 0 heterocycles. The first-order valence-corrected chi connectivity index (χ1v) is 7.30. The molecule has 1 aromatic rings. The molecular weight excluding hydrogens is 252 g/mol. The minimum Gasteiger partial charge on any atom is -0.497 e. The van der Waals surface area contributed by atoms with Crippen LogP contribution >= 0.6 is 0 Å². The first-order chi connectivity index (χ1) is 9.67. The Morgan fingerprint density at radius 2 is 1.95 bits per heavy atom. The highest BCUT2D eigenvalue weighted by Crippen LogP contribution is 2.31. The number of nitrogens with zero attached hydrogens (tertiary/aromatic N) is 1. The van der Waals surface area contributed by atoms with Crippen LogP contribution in [0.1, 0.15) is 37.8 Å². The van der Waals surface area contributed by atoms with E-state index in [-0.39, 0.29) is 6.04 Å². The van der Waals surface area contributed by atoms with Crippen molar-refractivity contribution in [2.75, 3.05) is 34.4 Å². The van der Waals surface area contributed by atoms with Gasteiger partial charge in [-0.15, -0.1) is 0 Å². The lowest BCUT2D eigenvalue weighted by molar-refractivity contribution is 0.239. The van der Waals surface area contributed by atoms with Gasteiger partial charge in [-0.2, -0.15) is 0 Å². The monoisotopic (exact) mass is 280 g/mol. The first-order valence-electron chi connectivity index (χ1n) is 7.30. The summed E-state index contributed by atoms with van der Waals surface area (Å²) in [4.78, 5) is 2.31. The fraction of sp³-hybridized carbons (Fsp3) is 0.625. The molecule has 0 radical (unpaired) electrons. The van der Waals surface area contributed by atoms with E-state index in [9.17, 15) is 0 Å². The van der Waals surface area contributed by atoms with Gasteiger partial charge >= 0.3 is 0 Å². The molecule has 0 saturated carbocycles. The van der Waals surface area contributed by atoms with Crippen molar-refractivity contribution in [2.45, 2.75) is 32.2 Å². The average molecular weight is 280 g/mol. The smallest absolute Gasteiger partial charge is 0.127 e. The Labute approximate surface area is 122 Å². The molecule has 0 spiro atoms. The van der Waals surface area contributed by atoms with Crippen molar-refractivity contribution in [3.63, 3.8) is 0 Å². The fourth-order valence-electron chi connectivity index (χ4n) is 2.41. The summed E-state index contributed by atoms with van der Waals surface area (Å²) in [6.45, 7) is 3.84. The summed E-state index contributed by atoms with van der Waals surface area (Å²) in [6.07, 6.45) is 3.68. The molecule has 20 heavy (non-hydrogen) atoms. The van der Waals surface area contributed by atoms with Crippen molar-refractivity contribution in [3.05, 3.63) is 23.8 Å². The van der Waals surface area contributed by atoms with Crippen molar-refractivity contribution < 1.29 is 9.47 Å². The molecule has 1 rings (SSSR count). The first kappa shape index (κ1) is 16.8. The van der Waals surface area contributed by atoms with Crippen LogP contribution in [-0.4, -0.2) is 39.3 Å². The molecule has 2 N–H and O–H groups in total. The Balaban J connectivity index is 2.87. The van der Waals surface area contributed by atoms with Crippen LogP contribution in [0, 0.1) is 0 Å². The van der Waals surface area contributed by atoms with Crippen LogP contribution in [0.15, 0.2) is 18.2 Å². The Kier molecular flexibility index (Phi) is 7.41. The SMILES string of the molecule is CCCCCN(C)C(CN)c1ccc(OC)cc1OC. The van der Waals surface area contributed by atoms with Gasteiger partial charge in [-0.3, -0.25) is 4.90 Å². The van der Waals surface area contributed by atoms with E-state index in [0.717, 1.165) is 23.6 Å². The second kappa shape index (κ2) is 8.82. The summed E-state index contributed by atoms with van der Waals surface area (Å²) >= 11 is 0. The topological polar surface area (TPSA) is 47.7 Å². The molecule has 0 aliphatic rings. The largest absolute Gasteiger partial charge is 0.497 e. The highest BCUT2D eigenvalue weighted by Gasteiger charge is 2.19. The van der Waals surface area contributed by atoms with E-state index in [4.69, 9.17) is 15.2 Å². The number of nitrogens with two attached hydrogens (primary N) is 1. The third-order valence-corrected chi connectivity index (χ3v) is 3.67. The Hall–Kier alpha value is -1.26.